The van der Waals surface area contributed by atoms with Crippen molar-refractivity contribution in [3.63, 3.8) is 0 Å². The number of imidazole rings is 1. The van der Waals surface area contributed by atoms with E-state index in [1.807, 2.05) is 6.20 Å². The molecule has 1 aliphatic carbocycles. The average Bonchev–Trinajstić information content (AvgIpc) is 3.27. The molecule has 0 saturated carbocycles. The van der Waals surface area contributed by atoms with Gasteiger partial charge in [0.1, 0.15) is 0 Å². The molecule has 0 radical (unpaired) electrons. The summed E-state index contributed by atoms with van der Waals surface area (Å²) in [5.41, 5.74) is 6.19. The van der Waals surface area contributed by atoms with E-state index in [0.717, 1.165) is 51.2 Å². The van der Waals surface area contributed by atoms with E-state index in [2.05, 4.69) is 22.0 Å². The monoisotopic (exact) mass is 452 g/mol. The topological polar surface area (TPSA) is 51.5 Å². The number of fused-ring (bicyclic) bond motifs is 3. The van der Waals surface area contributed by atoms with Crippen molar-refractivity contribution in [2.24, 2.45) is 5.92 Å². The Kier molecular flexibility index (Phi) is 5.11. The van der Waals surface area contributed by atoms with Crippen LogP contribution in [0.5, 0.6) is 0 Å². The number of ether oxygens (including phenoxy) is 1. The molecule has 2 aliphatic heterocycles. The minimum absolute atomic E-state index is 0. The molecule has 5 rings (SSSR count). The standard InChI is InChI=1S/C19H24N4O.HI/c1-2-14(10-20-7-1)17-12-23-18(22-17)11-21-16-4-3-15(19(16)23)13-5-8-24-9-6-13;/h3,11-14,20H,1-2,4-10H2;1H. The van der Waals surface area contributed by atoms with E-state index in [9.17, 15) is 0 Å². The molecule has 25 heavy (non-hydrogen) atoms. The van der Waals surface area contributed by atoms with Gasteiger partial charge in [-0.2, -0.15) is 0 Å². The van der Waals surface area contributed by atoms with E-state index in [1.54, 1.807) is 0 Å². The van der Waals surface area contributed by atoms with Crippen molar-refractivity contribution in [2.75, 3.05) is 26.3 Å². The second-order valence-corrected chi connectivity index (χ2v) is 7.24. The highest BCUT2D eigenvalue weighted by molar-refractivity contribution is 14.0. The van der Waals surface area contributed by atoms with Gasteiger partial charge >= 0.3 is 0 Å². The van der Waals surface area contributed by atoms with E-state index in [0.29, 0.717) is 11.8 Å². The number of nitrogens with one attached hydrogen (secondary N) is 1. The van der Waals surface area contributed by atoms with Crippen molar-refractivity contribution in [3.8, 4) is 0 Å². The summed E-state index contributed by atoms with van der Waals surface area (Å²) in [5.74, 6) is 1.14. The van der Waals surface area contributed by atoms with E-state index < -0.39 is 0 Å². The number of hydrogen-bond donors (Lipinski definition) is 1. The van der Waals surface area contributed by atoms with Crippen LogP contribution >= 0.6 is 24.0 Å². The smallest absolute Gasteiger partial charge is 0.156 e. The molecule has 4 heterocycles. The largest absolute Gasteiger partial charge is 0.381 e. The SMILES string of the molecule is C1=C(C2CCOCC2)c2c(ncc3nc(C4CCCNC4)cn23)C1.I. The summed E-state index contributed by atoms with van der Waals surface area (Å²) in [5, 5.41) is 3.50. The van der Waals surface area contributed by atoms with Gasteiger partial charge in [0.05, 0.1) is 23.3 Å². The first-order valence-corrected chi connectivity index (χ1v) is 9.26. The average molecular weight is 452 g/mol. The van der Waals surface area contributed by atoms with Gasteiger partial charge in [-0.3, -0.25) is 9.38 Å². The third kappa shape index (κ3) is 3.13. The third-order valence-corrected chi connectivity index (χ3v) is 5.77. The lowest BCUT2D eigenvalue weighted by Gasteiger charge is -2.24. The van der Waals surface area contributed by atoms with Crippen LogP contribution in [0.15, 0.2) is 18.5 Å². The molecule has 2 aromatic rings. The molecule has 2 saturated heterocycles. The Morgan fingerprint density at radius 1 is 1.16 bits per heavy atom. The van der Waals surface area contributed by atoms with Crippen molar-refractivity contribution >= 4 is 35.2 Å². The number of aromatic nitrogens is 3. The van der Waals surface area contributed by atoms with E-state index >= 15 is 0 Å². The highest BCUT2D eigenvalue weighted by Gasteiger charge is 2.28. The summed E-state index contributed by atoms with van der Waals surface area (Å²) in [4.78, 5) is 9.61. The molecule has 0 spiro atoms. The molecule has 1 unspecified atom stereocenters. The Bertz CT molecular complexity index is 788. The molecule has 1 atom stereocenters. The molecular formula is C19H25IN4O. The Labute approximate surface area is 165 Å². The Balaban J connectivity index is 0.00000157. The van der Waals surface area contributed by atoms with Gasteiger partial charge in [0.2, 0.25) is 0 Å². The summed E-state index contributed by atoms with van der Waals surface area (Å²) in [7, 11) is 0. The second-order valence-electron chi connectivity index (χ2n) is 7.24. The van der Waals surface area contributed by atoms with Gasteiger partial charge in [-0.05, 0) is 43.7 Å². The van der Waals surface area contributed by atoms with Gasteiger partial charge in [-0.1, -0.05) is 6.08 Å². The van der Waals surface area contributed by atoms with Crippen LogP contribution in [0.1, 0.15) is 48.7 Å². The van der Waals surface area contributed by atoms with Gasteiger partial charge in [-0.25, -0.2) is 4.98 Å². The Morgan fingerprint density at radius 2 is 2.04 bits per heavy atom. The molecule has 0 amide bonds. The van der Waals surface area contributed by atoms with Crippen LogP contribution < -0.4 is 5.32 Å². The minimum Gasteiger partial charge on any atom is -0.381 e. The quantitative estimate of drug-likeness (QED) is 0.712. The predicted molar refractivity (Wildman–Crippen MR) is 108 cm³/mol. The van der Waals surface area contributed by atoms with Crippen molar-refractivity contribution in [2.45, 2.75) is 38.0 Å². The van der Waals surface area contributed by atoms with Crippen LogP contribution in [0, 0.1) is 5.92 Å². The summed E-state index contributed by atoms with van der Waals surface area (Å²) >= 11 is 0. The Hall–Kier alpha value is -0.990. The molecule has 0 aromatic carbocycles. The summed E-state index contributed by atoms with van der Waals surface area (Å²) in [6.07, 6.45) is 12.3. The number of rotatable bonds is 2. The predicted octanol–water partition coefficient (Wildman–Crippen LogP) is 3.18. The van der Waals surface area contributed by atoms with Crippen molar-refractivity contribution in [1.82, 2.24) is 19.7 Å². The summed E-state index contributed by atoms with van der Waals surface area (Å²) in [6, 6.07) is 0. The van der Waals surface area contributed by atoms with Gasteiger partial charge in [0.15, 0.2) is 5.65 Å². The van der Waals surface area contributed by atoms with Crippen LogP contribution in [-0.4, -0.2) is 40.7 Å². The zero-order valence-corrected chi connectivity index (χ0v) is 16.7. The fourth-order valence-corrected chi connectivity index (χ4v) is 4.45. The van der Waals surface area contributed by atoms with Crippen LogP contribution in [0.3, 0.4) is 0 Å². The Morgan fingerprint density at radius 3 is 2.84 bits per heavy atom. The summed E-state index contributed by atoms with van der Waals surface area (Å²) < 4.78 is 7.86. The van der Waals surface area contributed by atoms with Gasteiger partial charge in [0, 0.05) is 38.3 Å². The van der Waals surface area contributed by atoms with Crippen LogP contribution in [0.4, 0.5) is 0 Å². The maximum Gasteiger partial charge on any atom is 0.156 e. The fraction of sp³-hybridized carbons (Fsp3) is 0.579. The first-order valence-electron chi connectivity index (χ1n) is 9.26. The first-order chi connectivity index (χ1) is 11.9. The van der Waals surface area contributed by atoms with Crippen LogP contribution in [0.2, 0.25) is 0 Å². The van der Waals surface area contributed by atoms with E-state index in [4.69, 9.17) is 14.7 Å². The fourth-order valence-electron chi connectivity index (χ4n) is 4.45. The number of hydrogen-bond acceptors (Lipinski definition) is 4. The summed E-state index contributed by atoms with van der Waals surface area (Å²) in [6.45, 7) is 3.94. The lowest BCUT2D eigenvalue weighted by Crippen LogP contribution is -2.28. The minimum atomic E-state index is 0. The lowest BCUT2D eigenvalue weighted by molar-refractivity contribution is 0.0807. The van der Waals surface area contributed by atoms with E-state index in [1.165, 1.54) is 35.5 Å². The zero-order valence-electron chi connectivity index (χ0n) is 14.4. The van der Waals surface area contributed by atoms with Crippen molar-refractivity contribution in [1.29, 1.82) is 0 Å². The molecule has 3 aliphatic rings. The van der Waals surface area contributed by atoms with Crippen LogP contribution in [-0.2, 0) is 11.2 Å². The number of halogens is 1. The van der Waals surface area contributed by atoms with Crippen LogP contribution in [0.25, 0.3) is 11.2 Å². The maximum absolute atomic E-state index is 5.55. The number of piperidine rings is 1. The first kappa shape index (κ1) is 17.4. The molecular weight excluding hydrogens is 427 g/mol. The molecule has 0 bridgehead atoms. The van der Waals surface area contributed by atoms with Gasteiger partial charge in [0.25, 0.3) is 0 Å². The normalized spacial score (nSPS) is 24.0. The molecule has 1 N–H and O–H groups in total. The van der Waals surface area contributed by atoms with Crippen molar-refractivity contribution in [3.05, 3.63) is 35.6 Å². The number of nitrogens with zero attached hydrogens (tertiary/aromatic N) is 3. The highest BCUT2D eigenvalue weighted by Crippen LogP contribution is 2.37. The molecule has 6 heteroatoms. The third-order valence-electron chi connectivity index (χ3n) is 5.77. The van der Waals surface area contributed by atoms with Gasteiger partial charge in [-0.15, -0.1) is 24.0 Å². The maximum atomic E-state index is 5.55. The highest BCUT2D eigenvalue weighted by atomic mass is 127. The number of allylic oxidation sites excluding steroid dienone is 2. The molecule has 5 nitrogen and oxygen atoms in total. The molecule has 2 aromatic heterocycles. The van der Waals surface area contributed by atoms with Gasteiger partial charge < -0.3 is 10.1 Å². The molecule has 134 valence electrons. The van der Waals surface area contributed by atoms with E-state index in [-0.39, 0.29) is 24.0 Å². The second kappa shape index (κ2) is 7.32. The zero-order chi connectivity index (χ0) is 15.9. The van der Waals surface area contributed by atoms with Crippen molar-refractivity contribution < 1.29 is 4.74 Å². The molecule has 2 fully saturated rings. The lowest BCUT2D eigenvalue weighted by atomic mass is 9.90.